The first-order valence-electron chi connectivity index (χ1n) is 25.0. The van der Waals surface area contributed by atoms with Crippen molar-refractivity contribution < 1.29 is 28.6 Å². The molecule has 0 heterocycles. The van der Waals surface area contributed by atoms with Crippen LogP contribution < -0.4 is 0 Å². The molecule has 0 saturated carbocycles. The van der Waals surface area contributed by atoms with Crippen LogP contribution in [0.3, 0.4) is 0 Å². The lowest BCUT2D eigenvalue weighted by Gasteiger charge is -2.18. The largest absolute Gasteiger partial charge is 0.462 e. The van der Waals surface area contributed by atoms with Gasteiger partial charge in [0.15, 0.2) is 6.10 Å². The summed E-state index contributed by atoms with van der Waals surface area (Å²) in [7, 11) is 0. The lowest BCUT2D eigenvalue weighted by molar-refractivity contribution is -0.166. The number of ether oxygens (including phenoxy) is 3. The number of carbonyl (C=O) groups is 3. The zero-order chi connectivity index (χ0) is 45.8. The smallest absolute Gasteiger partial charge is 0.309 e. The Morgan fingerprint density at radius 1 is 0.349 bits per heavy atom. The molecule has 0 aromatic rings. The number of esters is 3. The molecule has 0 aliphatic heterocycles. The first kappa shape index (κ1) is 58.8. The van der Waals surface area contributed by atoms with Gasteiger partial charge in [0.25, 0.3) is 0 Å². The van der Waals surface area contributed by atoms with Crippen LogP contribution in [-0.4, -0.2) is 37.2 Å². The van der Waals surface area contributed by atoms with Crippen molar-refractivity contribution in [3.05, 3.63) is 122 Å². The Hall–Kier alpha value is -4.19. The van der Waals surface area contributed by atoms with Crippen LogP contribution in [0, 0.1) is 0 Å². The van der Waals surface area contributed by atoms with E-state index in [1.807, 2.05) is 6.08 Å². The van der Waals surface area contributed by atoms with E-state index in [9.17, 15) is 14.4 Å². The molecule has 63 heavy (non-hydrogen) atoms. The van der Waals surface area contributed by atoms with Crippen molar-refractivity contribution in [2.24, 2.45) is 0 Å². The summed E-state index contributed by atoms with van der Waals surface area (Å²) in [5.41, 5.74) is 0. The standard InChI is InChI=1S/C57H90O6/c1-4-7-10-13-16-19-22-25-28-31-34-37-40-43-46-49-55(58)61-52-54(63-57(60)51-48-45-42-39-36-33-30-27-24-21-18-15-12-9-6-3)53-62-56(59)50-47-44-41-38-35-32-29-26-23-20-17-14-11-8-5-2/h7,9-10,12,16-21,25-30,34,37,43,46,54H,4-6,8,11,13-15,22-24,31-33,35-36,38-42,44-45,47-53H2,1-3H3/b10-7-,12-9-,19-16-,20-17-,21-18-,28-25-,29-26-,30-27-,37-34-,46-43-. The van der Waals surface area contributed by atoms with Gasteiger partial charge in [0, 0.05) is 12.8 Å². The number of allylic oxidation sites excluding steroid dienone is 19. The molecule has 6 heteroatoms. The maximum atomic E-state index is 12.8. The molecule has 6 nitrogen and oxygen atoms in total. The summed E-state index contributed by atoms with van der Waals surface area (Å²) < 4.78 is 16.6. The third-order valence-corrected chi connectivity index (χ3v) is 9.96. The van der Waals surface area contributed by atoms with E-state index in [4.69, 9.17) is 14.2 Å². The minimum Gasteiger partial charge on any atom is -0.462 e. The van der Waals surface area contributed by atoms with Crippen molar-refractivity contribution in [2.75, 3.05) is 13.2 Å². The van der Waals surface area contributed by atoms with Gasteiger partial charge in [0.05, 0.1) is 6.42 Å². The van der Waals surface area contributed by atoms with Gasteiger partial charge >= 0.3 is 17.9 Å². The monoisotopic (exact) mass is 871 g/mol. The van der Waals surface area contributed by atoms with Crippen LogP contribution in [0.4, 0.5) is 0 Å². The van der Waals surface area contributed by atoms with Crippen LogP contribution in [0.2, 0.25) is 0 Å². The van der Waals surface area contributed by atoms with E-state index in [1.54, 1.807) is 6.08 Å². The van der Waals surface area contributed by atoms with E-state index in [2.05, 4.69) is 130 Å². The van der Waals surface area contributed by atoms with Gasteiger partial charge in [-0.1, -0.05) is 194 Å². The Morgan fingerprint density at radius 2 is 0.683 bits per heavy atom. The minimum atomic E-state index is -0.835. The third kappa shape index (κ3) is 48.7. The average molecular weight is 871 g/mol. The first-order chi connectivity index (χ1) is 31.0. The molecule has 0 aliphatic rings. The zero-order valence-electron chi connectivity index (χ0n) is 40.3. The van der Waals surface area contributed by atoms with E-state index < -0.39 is 12.1 Å². The molecule has 0 N–H and O–H groups in total. The van der Waals surface area contributed by atoms with Crippen molar-refractivity contribution in [2.45, 2.75) is 207 Å². The second-order valence-corrected chi connectivity index (χ2v) is 16.0. The first-order valence-corrected chi connectivity index (χ1v) is 25.0. The molecule has 0 radical (unpaired) electrons. The van der Waals surface area contributed by atoms with Crippen molar-refractivity contribution >= 4 is 17.9 Å². The molecular weight excluding hydrogens is 781 g/mol. The molecule has 0 aromatic carbocycles. The quantitative estimate of drug-likeness (QED) is 0.0263. The third-order valence-electron chi connectivity index (χ3n) is 9.96. The Morgan fingerprint density at radius 3 is 1.11 bits per heavy atom. The Balaban J connectivity index is 4.59. The van der Waals surface area contributed by atoms with Gasteiger partial charge in [-0.15, -0.1) is 0 Å². The van der Waals surface area contributed by atoms with Crippen molar-refractivity contribution in [1.29, 1.82) is 0 Å². The topological polar surface area (TPSA) is 78.9 Å². The number of hydrogen-bond donors (Lipinski definition) is 0. The maximum absolute atomic E-state index is 12.8. The Bertz CT molecular complexity index is 1370. The molecule has 0 fully saturated rings. The van der Waals surface area contributed by atoms with Crippen molar-refractivity contribution in [3.8, 4) is 0 Å². The summed E-state index contributed by atoms with van der Waals surface area (Å²) in [5, 5.41) is 0. The van der Waals surface area contributed by atoms with Crippen LogP contribution in [0.25, 0.3) is 0 Å². The average Bonchev–Trinajstić information content (AvgIpc) is 3.28. The lowest BCUT2D eigenvalue weighted by Crippen LogP contribution is -2.30. The van der Waals surface area contributed by atoms with E-state index in [0.29, 0.717) is 6.42 Å². The molecular formula is C57H90O6. The second kappa shape index (κ2) is 50.5. The van der Waals surface area contributed by atoms with Crippen LogP contribution in [0.5, 0.6) is 0 Å². The van der Waals surface area contributed by atoms with Gasteiger partial charge in [-0.25, -0.2) is 0 Å². The molecule has 0 bridgehead atoms. The molecule has 0 aliphatic carbocycles. The molecule has 0 saturated heterocycles. The summed E-state index contributed by atoms with van der Waals surface area (Å²) in [6.45, 7) is 6.25. The van der Waals surface area contributed by atoms with Gasteiger partial charge < -0.3 is 14.2 Å². The molecule has 0 rings (SSSR count). The highest BCUT2D eigenvalue weighted by atomic mass is 16.6. The van der Waals surface area contributed by atoms with E-state index in [0.717, 1.165) is 135 Å². The number of carbonyl (C=O) groups excluding carboxylic acids is 3. The van der Waals surface area contributed by atoms with Crippen LogP contribution in [0.1, 0.15) is 201 Å². The predicted molar refractivity (Wildman–Crippen MR) is 269 cm³/mol. The molecule has 1 unspecified atom stereocenters. The number of rotatable bonds is 43. The van der Waals surface area contributed by atoms with Gasteiger partial charge in [0.1, 0.15) is 13.2 Å². The van der Waals surface area contributed by atoms with Gasteiger partial charge in [-0.2, -0.15) is 0 Å². The summed E-state index contributed by atoms with van der Waals surface area (Å²) >= 11 is 0. The van der Waals surface area contributed by atoms with Gasteiger partial charge in [-0.3, -0.25) is 14.4 Å². The van der Waals surface area contributed by atoms with Crippen molar-refractivity contribution in [3.63, 3.8) is 0 Å². The highest BCUT2D eigenvalue weighted by Gasteiger charge is 2.19. The summed E-state index contributed by atoms with van der Waals surface area (Å²) in [6.07, 6.45) is 69.1. The molecule has 0 aromatic heterocycles. The molecule has 0 spiro atoms. The van der Waals surface area contributed by atoms with Gasteiger partial charge in [-0.05, 0) is 109 Å². The van der Waals surface area contributed by atoms with Crippen LogP contribution in [0.15, 0.2) is 122 Å². The van der Waals surface area contributed by atoms with E-state index >= 15 is 0 Å². The lowest BCUT2D eigenvalue weighted by atomic mass is 10.1. The summed E-state index contributed by atoms with van der Waals surface area (Å²) in [4.78, 5) is 37.9. The van der Waals surface area contributed by atoms with Crippen molar-refractivity contribution in [1.82, 2.24) is 0 Å². The van der Waals surface area contributed by atoms with Crippen LogP contribution >= 0.6 is 0 Å². The SMILES string of the molecule is CC/C=C\C/C=C\C/C=C\C/C=C\C/C=C\CC(=O)OCC(COC(=O)CCCCCCC/C=C\C/C=C\CCCCC)OC(=O)CCCCCCC/C=C\C/C=C\C/C=C\CC. The zero-order valence-corrected chi connectivity index (χ0v) is 40.3. The number of hydrogen-bond acceptors (Lipinski definition) is 6. The van der Waals surface area contributed by atoms with Crippen LogP contribution in [-0.2, 0) is 28.6 Å². The maximum Gasteiger partial charge on any atom is 0.309 e. The van der Waals surface area contributed by atoms with E-state index in [-0.39, 0.29) is 38.0 Å². The Labute approximate surface area is 386 Å². The molecule has 0 amide bonds. The van der Waals surface area contributed by atoms with E-state index in [1.165, 1.54) is 25.7 Å². The molecule has 354 valence electrons. The fourth-order valence-corrected chi connectivity index (χ4v) is 6.26. The Kier molecular flexibility index (Phi) is 47.1. The number of unbranched alkanes of at least 4 members (excludes halogenated alkanes) is 13. The molecule has 1 atom stereocenters. The highest BCUT2D eigenvalue weighted by Crippen LogP contribution is 2.12. The fourth-order valence-electron chi connectivity index (χ4n) is 6.26. The van der Waals surface area contributed by atoms with Gasteiger partial charge in [0.2, 0.25) is 0 Å². The predicted octanol–water partition coefficient (Wildman–Crippen LogP) is 16.5. The summed E-state index contributed by atoms with van der Waals surface area (Å²) in [6, 6.07) is 0. The summed E-state index contributed by atoms with van der Waals surface area (Å²) in [5.74, 6) is -1.10. The highest BCUT2D eigenvalue weighted by molar-refractivity contribution is 5.72. The normalized spacial score (nSPS) is 13.1. The second-order valence-electron chi connectivity index (χ2n) is 16.0. The fraction of sp³-hybridized carbons (Fsp3) is 0.596. The minimum absolute atomic E-state index is 0.116.